The van der Waals surface area contributed by atoms with Gasteiger partial charge < -0.3 is 10.0 Å². The number of carbonyl (C=O) groups is 1. The summed E-state index contributed by atoms with van der Waals surface area (Å²) in [5.74, 6) is 0.515. The second kappa shape index (κ2) is 4.88. The van der Waals surface area contributed by atoms with Crippen molar-refractivity contribution in [2.24, 2.45) is 5.92 Å². The molecule has 1 amide bonds. The molecule has 0 fully saturated rings. The molecule has 1 aromatic carbocycles. The summed E-state index contributed by atoms with van der Waals surface area (Å²) in [6, 6.07) is 7.62. The van der Waals surface area contributed by atoms with Crippen molar-refractivity contribution in [3.05, 3.63) is 29.8 Å². The lowest BCUT2D eigenvalue weighted by molar-refractivity contribution is -0.119. The molecular formula is C14H19NO2. The number of fused-ring (bicyclic) bond motifs is 1. The maximum atomic E-state index is 12.1. The Morgan fingerprint density at radius 3 is 2.88 bits per heavy atom. The summed E-state index contributed by atoms with van der Waals surface area (Å²) in [5, 5.41) is 9.90. The van der Waals surface area contributed by atoms with Gasteiger partial charge in [-0.1, -0.05) is 32.0 Å². The van der Waals surface area contributed by atoms with E-state index in [1.54, 1.807) is 0 Å². The normalized spacial score (nSPS) is 19.3. The average Bonchev–Trinajstić information content (AvgIpc) is 2.29. The number of amides is 1. The predicted molar refractivity (Wildman–Crippen MR) is 67.8 cm³/mol. The van der Waals surface area contributed by atoms with E-state index in [2.05, 4.69) is 0 Å². The summed E-state index contributed by atoms with van der Waals surface area (Å²) in [6.45, 7) is 4.70. The number of hydrogen-bond acceptors (Lipinski definition) is 2. The number of para-hydroxylation sites is 1. The van der Waals surface area contributed by atoms with E-state index < -0.39 is 6.10 Å². The molecule has 0 saturated carbocycles. The Hall–Kier alpha value is -1.35. The molecule has 3 nitrogen and oxygen atoms in total. The molecule has 0 spiro atoms. The zero-order valence-corrected chi connectivity index (χ0v) is 10.4. The van der Waals surface area contributed by atoms with Crippen molar-refractivity contribution in [2.75, 3.05) is 11.4 Å². The van der Waals surface area contributed by atoms with E-state index in [-0.39, 0.29) is 5.91 Å². The molecule has 0 radical (unpaired) electrons. The molecule has 92 valence electrons. The van der Waals surface area contributed by atoms with Crippen LogP contribution in [0.3, 0.4) is 0 Å². The van der Waals surface area contributed by atoms with E-state index in [9.17, 15) is 9.90 Å². The fraction of sp³-hybridized carbons (Fsp3) is 0.500. The lowest BCUT2D eigenvalue weighted by Crippen LogP contribution is -2.37. The summed E-state index contributed by atoms with van der Waals surface area (Å²) in [4.78, 5) is 13.9. The zero-order chi connectivity index (χ0) is 12.4. The number of nitrogens with zero attached hydrogens (tertiary/aromatic N) is 1. The number of carbonyl (C=O) groups excluding carboxylic acids is 1. The zero-order valence-electron chi connectivity index (χ0n) is 10.4. The summed E-state index contributed by atoms with van der Waals surface area (Å²) >= 11 is 0. The number of aliphatic hydroxyl groups excluding tert-OH is 1. The lowest BCUT2D eigenvalue weighted by atomic mass is 9.98. The molecular weight excluding hydrogens is 214 g/mol. The van der Waals surface area contributed by atoms with E-state index in [1.165, 1.54) is 0 Å². The fourth-order valence-electron chi connectivity index (χ4n) is 2.26. The Morgan fingerprint density at radius 2 is 2.18 bits per heavy atom. The Labute approximate surface area is 102 Å². The van der Waals surface area contributed by atoms with Gasteiger partial charge >= 0.3 is 0 Å². The average molecular weight is 233 g/mol. The molecule has 0 saturated heterocycles. The minimum Gasteiger partial charge on any atom is -0.388 e. The van der Waals surface area contributed by atoms with E-state index in [0.29, 0.717) is 25.3 Å². The van der Waals surface area contributed by atoms with E-state index in [1.807, 2.05) is 43.0 Å². The molecule has 0 aliphatic carbocycles. The standard InChI is InChI=1S/C14H19NO2/c1-10(2)9-14(17)15-8-7-13(16)11-5-3-4-6-12(11)15/h3-6,10,13,16H,7-9H2,1-2H3. The maximum absolute atomic E-state index is 12.1. The molecule has 2 rings (SSSR count). The van der Waals surface area contributed by atoms with Gasteiger partial charge in [0, 0.05) is 24.2 Å². The highest BCUT2D eigenvalue weighted by Gasteiger charge is 2.27. The summed E-state index contributed by atoms with van der Waals surface area (Å²) < 4.78 is 0. The van der Waals surface area contributed by atoms with Crippen LogP contribution in [0, 0.1) is 5.92 Å². The van der Waals surface area contributed by atoms with E-state index in [4.69, 9.17) is 0 Å². The Kier molecular flexibility index (Phi) is 3.48. The summed E-state index contributed by atoms with van der Waals surface area (Å²) in [5.41, 5.74) is 1.74. The van der Waals surface area contributed by atoms with Gasteiger partial charge in [-0.25, -0.2) is 0 Å². The minimum absolute atomic E-state index is 0.152. The number of rotatable bonds is 2. The first-order chi connectivity index (χ1) is 8.09. The predicted octanol–water partition coefficient (Wildman–Crippen LogP) is 2.50. The molecule has 0 bridgehead atoms. The van der Waals surface area contributed by atoms with Crippen molar-refractivity contribution in [2.45, 2.75) is 32.8 Å². The molecule has 1 atom stereocenters. The van der Waals surface area contributed by atoms with E-state index in [0.717, 1.165) is 11.3 Å². The van der Waals surface area contributed by atoms with Crippen LogP contribution in [0.1, 0.15) is 38.4 Å². The second-order valence-electron chi connectivity index (χ2n) is 5.01. The Balaban J connectivity index is 2.27. The van der Waals surface area contributed by atoms with Crippen molar-refractivity contribution < 1.29 is 9.90 Å². The van der Waals surface area contributed by atoms with Gasteiger partial charge in [-0.15, -0.1) is 0 Å². The number of anilines is 1. The van der Waals surface area contributed by atoms with Gasteiger partial charge in [0.1, 0.15) is 0 Å². The van der Waals surface area contributed by atoms with Crippen LogP contribution in [0.25, 0.3) is 0 Å². The highest BCUT2D eigenvalue weighted by molar-refractivity contribution is 5.94. The monoisotopic (exact) mass is 233 g/mol. The molecule has 1 unspecified atom stereocenters. The molecule has 3 heteroatoms. The van der Waals surface area contributed by atoms with Crippen molar-refractivity contribution in [1.29, 1.82) is 0 Å². The molecule has 1 aromatic rings. The highest BCUT2D eigenvalue weighted by atomic mass is 16.3. The van der Waals surface area contributed by atoms with Gasteiger partial charge in [0.2, 0.25) is 5.91 Å². The molecule has 1 aliphatic rings. The number of hydrogen-bond donors (Lipinski definition) is 1. The van der Waals surface area contributed by atoms with Gasteiger partial charge in [-0.3, -0.25) is 4.79 Å². The largest absolute Gasteiger partial charge is 0.388 e. The topological polar surface area (TPSA) is 40.5 Å². The van der Waals surface area contributed by atoms with Crippen LogP contribution in [0.2, 0.25) is 0 Å². The van der Waals surface area contributed by atoms with Crippen molar-refractivity contribution in [3.8, 4) is 0 Å². The van der Waals surface area contributed by atoms with Crippen LogP contribution in [0.15, 0.2) is 24.3 Å². The second-order valence-corrected chi connectivity index (χ2v) is 5.01. The SMILES string of the molecule is CC(C)CC(=O)N1CCC(O)c2ccccc21. The summed E-state index contributed by atoms with van der Waals surface area (Å²) in [6.07, 6.45) is 0.750. The first-order valence-corrected chi connectivity index (χ1v) is 6.17. The van der Waals surface area contributed by atoms with Crippen LogP contribution in [0.4, 0.5) is 5.69 Å². The molecule has 17 heavy (non-hydrogen) atoms. The van der Waals surface area contributed by atoms with Crippen molar-refractivity contribution in [3.63, 3.8) is 0 Å². The first kappa shape index (κ1) is 12.1. The number of benzene rings is 1. The van der Waals surface area contributed by atoms with Crippen LogP contribution < -0.4 is 4.90 Å². The minimum atomic E-state index is -0.436. The third kappa shape index (κ3) is 2.50. The quantitative estimate of drug-likeness (QED) is 0.852. The van der Waals surface area contributed by atoms with Crippen molar-refractivity contribution in [1.82, 2.24) is 0 Å². The van der Waals surface area contributed by atoms with Crippen LogP contribution in [-0.4, -0.2) is 17.6 Å². The maximum Gasteiger partial charge on any atom is 0.227 e. The number of aliphatic hydroxyl groups is 1. The van der Waals surface area contributed by atoms with Crippen LogP contribution >= 0.6 is 0 Å². The fourth-order valence-corrected chi connectivity index (χ4v) is 2.26. The van der Waals surface area contributed by atoms with Crippen LogP contribution in [-0.2, 0) is 4.79 Å². The Bertz CT molecular complexity index is 414. The third-order valence-corrected chi connectivity index (χ3v) is 3.10. The van der Waals surface area contributed by atoms with Gasteiger partial charge in [0.05, 0.1) is 6.10 Å². The molecule has 0 aromatic heterocycles. The van der Waals surface area contributed by atoms with Gasteiger partial charge in [0.25, 0.3) is 0 Å². The van der Waals surface area contributed by atoms with Gasteiger partial charge in [-0.2, -0.15) is 0 Å². The summed E-state index contributed by atoms with van der Waals surface area (Å²) in [7, 11) is 0. The third-order valence-electron chi connectivity index (χ3n) is 3.10. The van der Waals surface area contributed by atoms with Gasteiger partial charge in [-0.05, 0) is 18.4 Å². The smallest absolute Gasteiger partial charge is 0.227 e. The lowest BCUT2D eigenvalue weighted by Gasteiger charge is -2.32. The van der Waals surface area contributed by atoms with Crippen molar-refractivity contribution >= 4 is 11.6 Å². The Morgan fingerprint density at radius 1 is 1.47 bits per heavy atom. The van der Waals surface area contributed by atoms with E-state index >= 15 is 0 Å². The molecule has 1 N–H and O–H groups in total. The van der Waals surface area contributed by atoms with Gasteiger partial charge in [0.15, 0.2) is 0 Å². The highest BCUT2D eigenvalue weighted by Crippen LogP contribution is 2.33. The first-order valence-electron chi connectivity index (χ1n) is 6.17. The molecule has 1 heterocycles. The molecule has 1 aliphatic heterocycles. The van der Waals surface area contributed by atoms with Crippen LogP contribution in [0.5, 0.6) is 0 Å².